The highest BCUT2D eigenvalue weighted by molar-refractivity contribution is 8.00. The Morgan fingerprint density at radius 1 is 1.17 bits per heavy atom. The number of nitrogens with zero attached hydrogens (tertiary/aromatic N) is 3. The van der Waals surface area contributed by atoms with Gasteiger partial charge in [-0.2, -0.15) is 0 Å². The molecule has 0 bridgehead atoms. The summed E-state index contributed by atoms with van der Waals surface area (Å²) in [6, 6.07) is 3.80. The summed E-state index contributed by atoms with van der Waals surface area (Å²) in [5.41, 5.74) is 0. The first-order valence-electron chi connectivity index (χ1n) is 8.41. The van der Waals surface area contributed by atoms with E-state index in [1.54, 1.807) is 12.4 Å². The van der Waals surface area contributed by atoms with Crippen molar-refractivity contribution in [2.45, 2.75) is 17.7 Å². The Morgan fingerprint density at radius 2 is 1.92 bits per heavy atom. The van der Waals surface area contributed by atoms with E-state index in [0.717, 1.165) is 24.3 Å². The lowest BCUT2D eigenvalue weighted by Crippen LogP contribution is -2.49. The summed E-state index contributed by atoms with van der Waals surface area (Å²) >= 11 is 1.52. The number of likely N-dealkylation sites (tertiary alicyclic amines) is 1. The number of amides is 2. The highest BCUT2D eigenvalue weighted by atomic mass is 32.2. The van der Waals surface area contributed by atoms with Crippen LogP contribution in [0.3, 0.4) is 0 Å². The summed E-state index contributed by atoms with van der Waals surface area (Å²) in [5, 5.41) is 0. The predicted molar refractivity (Wildman–Crippen MR) is 91.7 cm³/mol. The van der Waals surface area contributed by atoms with Crippen LogP contribution in [0.25, 0.3) is 0 Å². The number of pyridine rings is 1. The number of carbonyl (C=O) groups is 2. The van der Waals surface area contributed by atoms with E-state index in [2.05, 4.69) is 4.98 Å². The number of hydrogen-bond donors (Lipinski definition) is 0. The minimum Gasteiger partial charge on any atom is -0.378 e. The Hall–Kier alpha value is -1.60. The molecule has 3 rings (SSSR count). The lowest BCUT2D eigenvalue weighted by Gasteiger charge is -2.36. The molecule has 2 amide bonds. The number of morpholine rings is 1. The van der Waals surface area contributed by atoms with Crippen molar-refractivity contribution in [1.82, 2.24) is 14.8 Å². The molecule has 2 fully saturated rings. The fourth-order valence-corrected chi connectivity index (χ4v) is 3.90. The topological polar surface area (TPSA) is 62.7 Å². The van der Waals surface area contributed by atoms with E-state index in [0.29, 0.717) is 38.6 Å². The molecule has 0 aromatic carbocycles. The van der Waals surface area contributed by atoms with Crippen LogP contribution in [0.5, 0.6) is 0 Å². The first-order valence-corrected chi connectivity index (χ1v) is 9.40. The van der Waals surface area contributed by atoms with Crippen LogP contribution in [0.4, 0.5) is 0 Å². The summed E-state index contributed by atoms with van der Waals surface area (Å²) in [6.45, 7) is 3.87. The maximum absolute atomic E-state index is 12.6. The predicted octanol–water partition coefficient (Wildman–Crippen LogP) is 1.27. The number of carbonyl (C=O) groups excluding carboxylic acids is 2. The molecule has 0 saturated carbocycles. The molecule has 24 heavy (non-hydrogen) atoms. The molecule has 7 heteroatoms. The number of thioether (sulfide) groups is 1. The number of rotatable bonds is 4. The molecule has 0 aliphatic carbocycles. The van der Waals surface area contributed by atoms with Crippen LogP contribution in [0.15, 0.2) is 29.4 Å². The van der Waals surface area contributed by atoms with Gasteiger partial charge in [0.2, 0.25) is 11.8 Å². The Bertz CT molecular complexity index is 563. The lowest BCUT2D eigenvalue weighted by molar-refractivity contribution is -0.143. The highest BCUT2D eigenvalue weighted by Crippen LogP contribution is 2.22. The molecule has 0 radical (unpaired) electrons. The van der Waals surface area contributed by atoms with Crippen LogP contribution in [0.1, 0.15) is 12.8 Å². The van der Waals surface area contributed by atoms with E-state index in [1.165, 1.54) is 11.8 Å². The summed E-state index contributed by atoms with van der Waals surface area (Å²) in [6.07, 6.45) is 5.22. The van der Waals surface area contributed by atoms with Crippen molar-refractivity contribution in [3.05, 3.63) is 24.5 Å². The molecule has 1 aromatic heterocycles. The van der Waals surface area contributed by atoms with Crippen molar-refractivity contribution in [2.24, 2.45) is 5.92 Å². The molecule has 0 unspecified atom stereocenters. The minimum absolute atomic E-state index is 0.0632. The van der Waals surface area contributed by atoms with Gasteiger partial charge in [-0.25, -0.2) is 0 Å². The number of ether oxygens (including phenoxy) is 1. The lowest BCUT2D eigenvalue weighted by atomic mass is 9.96. The van der Waals surface area contributed by atoms with Gasteiger partial charge in [0.25, 0.3) is 0 Å². The van der Waals surface area contributed by atoms with Crippen LogP contribution >= 0.6 is 11.8 Å². The van der Waals surface area contributed by atoms with Crippen LogP contribution in [-0.4, -0.2) is 71.7 Å². The fourth-order valence-electron chi connectivity index (χ4n) is 3.12. The summed E-state index contributed by atoms with van der Waals surface area (Å²) in [4.78, 5) is 33.8. The summed E-state index contributed by atoms with van der Waals surface area (Å²) in [5.74, 6) is 0.628. The van der Waals surface area contributed by atoms with Crippen LogP contribution < -0.4 is 0 Å². The molecule has 0 spiro atoms. The van der Waals surface area contributed by atoms with Crippen LogP contribution in [-0.2, 0) is 14.3 Å². The molecule has 2 saturated heterocycles. The maximum Gasteiger partial charge on any atom is 0.232 e. The molecule has 3 heterocycles. The molecular formula is C17H23N3O3S. The first-order chi connectivity index (χ1) is 11.7. The summed E-state index contributed by atoms with van der Waals surface area (Å²) < 4.78 is 5.30. The molecule has 130 valence electrons. The van der Waals surface area contributed by atoms with E-state index >= 15 is 0 Å². The van der Waals surface area contributed by atoms with Gasteiger partial charge in [-0.3, -0.25) is 14.6 Å². The average molecular weight is 349 g/mol. The van der Waals surface area contributed by atoms with Crippen LogP contribution in [0.2, 0.25) is 0 Å². The van der Waals surface area contributed by atoms with Crippen molar-refractivity contribution in [2.75, 3.05) is 45.1 Å². The molecular weight excluding hydrogens is 326 g/mol. The third kappa shape index (κ3) is 4.48. The smallest absolute Gasteiger partial charge is 0.232 e. The normalized spacial score (nSPS) is 21.6. The number of aromatic nitrogens is 1. The van der Waals surface area contributed by atoms with Crippen molar-refractivity contribution >= 4 is 23.6 Å². The second-order valence-electron chi connectivity index (χ2n) is 6.09. The molecule has 2 aliphatic heterocycles. The van der Waals surface area contributed by atoms with E-state index in [4.69, 9.17) is 4.74 Å². The minimum atomic E-state index is -0.0632. The van der Waals surface area contributed by atoms with Gasteiger partial charge in [0.1, 0.15) is 0 Å². The quantitative estimate of drug-likeness (QED) is 0.766. The van der Waals surface area contributed by atoms with Crippen molar-refractivity contribution < 1.29 is 14.3 Å². The first kappa shape index (κ1) is 17.2. The zero-order chi connectivity index (χ0) is 16.8. The Morgan fingerprint density at radius 3 is 2.67 bits per heavy atom. The third-order valence-electron chi connectivity index (χ3n) is 4.46. The van der Waals surface area contributed by atoms with Crippen LogP contribution in [0, 0.1) is 5.92 Å². The van der Waals surface area contributed by atoms with Gasteiger partial charge in [-0.05, 0) is 25.0 Å². The molecule has 0 N–H and O–H groups in total. The van der Waals surface area contributed by atoms with Crippen molar-refractivity contribution in [1.29, 1.82) is 0 Å². The monoisotopic (exact) mass is 349 g/mol. The molecule has 1 atom stereocenters. The van der Waals surface area contributed by atoms with E-state index < -0.39 is 0 Å². The van der Waals surface area contributed by atoms with E-state index in [-0.39, 0.29) is 17.7 Å². The van der Waals surface area contributed by atoms with Gasteiger partial charge in [0.15, 0.2) is 0 Å². The van der Waals surface area contributed by atoms with Gasteiger partial charge in [0.05, 0.1) is 24.9 Å². The van der Waals surface area contributed by atoms with E-state index in [1.807, 2.05) is 21.9 Å². The number of hydrogen-bond acceptors (Lipinski definition) is 5. The van der Waals surface area contributed by atoms with Gasteiger partial charge >= 0.3 is 0 Å². The molecule has 2 aliphatic rings. The van der Waals surface area contributed by atoms with Crippen molar-refractivity contribution in [3.8, 4) is 0 Å². The second-order valence-corrected chi connectivity index (χ2v) is 7.14. The SMILES string of the molecule is O=C(CSc1ccncc1)N1CCC[C@@H](C(=O)N2CCOCC2)C1. The standard InChI is InChI=1S/C17H23N3O3S/c21-16(13-24-15-3-5-18-6-4-15)20-7-1-2-14(12-20)17(22)19-8-10-23-11-9-19/h3-6,14H,1-2,7-13H2/t14-/m1/s1. The Balaban J connectivity index is 1.50. The zero-order valence-corrected chi connectivity index (χ0v) is 14.5. The third-order valence-corrected chi connectivity index (χ3v) is 5.45. The van der Waals surface area contributed by atoms with Gasteiger partial charge in [-0.1, -0.05) is 0 Å². The number of piperidine rings is 1. The average Bonchev–Trinajstić information content (AvgIpc) is 2.67. The Kier molecular flexibility index (Phi) is 6.09. The van der Waals surface area contributed by atoms with E-state index in [9.17, 15) is 9.59 Å². The Labute approximate surface area is 146 Å². The highest BCUT2D eigenvalue weighted by Gasteiger charge is 2.31. The largest absolute Gasteiger partial charge is 0.378 e. The second kappa shape index (κ2) is 8.48. The van der Waals surface area contributed by atoms with Crippen molar-refractivity contribution in [3.63, 3.8) is 0 Å². The van der Waals surface area contributed by atoms with Gasteiger partial charge in [-0.15, -0.1) is 11.8 Å². The summed E-state index contributed by atoms with van der Waals surface area (Å²) in [7, 11) is 0. The van der Waals surface area contributed by atoms with Gasteiger partial charge < -0.3 is 14.5 Å². The molecule has 1 aromatic rings. The van der Waals surface area contributed by atoms with Gasteiger partial charge in [0, 0.05) is 43.5 Å². The molecule has 6 nitrogen and oxygen atoms in total. The maximum atomic E-state index is 12.6. The zero-order valence-electron chi connectivity index (χ0n) is 13.7. The fraction of sp³-hybridized carbons (Fsp3) is 0.588.